The van der Waals surface area contributed by atoms with Crippen LogP contribution in [0.3, 0.4) is 0 Å². The highest BCUT2D eigenvalue weighted by atomic mass is 35.5. The van der Waals surface area contributed by atoms with Gasteiger partial charge in [-0.3, -0.25) is 9.48 Å². The zero-order chi connectivity index (χ0) is 27.9. The van der Waals surface area contributed by atoms with Crippen molar-refractivity contribution < 1.29 is 24.5 Å². The number of hydrogen-bond donors (Lipinski definition) is 5. The number of rotatable bonds is 6. The number of benzene rings is 1. The van der Waals surface area contributed by atoms with E-state index in [0.29, 0.717) is 36.9 Å². The summed E-state index contributed by atoms with van der Waals surface area (Å²) in [5.41, 5.74) is 2.99. The molecular formula is C27H35ClN8O5. The third kappa shape index (κ3) is 7.58. The molecule has 0 bridgehead atoms. The number of aliphatic hydroxyl groups excluding tert-OH is 2. The summed E-state index contributed by atoms with van der Waals surface area (Å²) in [5, 5.41) is 28.1. The number of aromatic nitrogens is 5. The average molecular weight is 587 g/mol. The Labute approximate surface area is 243 Å². The van der Waals surface area contributed by atoms with Crippen LogP contribution in [0, 0.1) is 0 Å². The van der Waals surface area contributed by atoms with Crippen LogP contribution < -0.4 is 15.5 Å². The number of imidazole rings is 1. The average Bonchev–Trinajstić information content (AvgIpc) is 3.60. The van der Waals surface area contributed by atoms with E-state index in [9.17, 15) is 9.90 Å². The number of fused-ring (bicyclic) bond motifs is 1. The minimum atomic E-state index is -0.298. The highest BCUT2D eigenvalue weighted by molar-refractivity contribution is 6.03. The first-order chi connectivity index (χ1) is 19.5. The van der Waals surface area contributed by atoms with Gasteiger partial charge in [0.05, 0.1) is 55.2 Å². The summed E-state index contributed by atoms with van der Waals surface area (Å²) in [6.45, 7) is 4.31. The van der Waals surface area contributed by atoms with E-state index in [1.54, 1.807) is 29.9 Å². The number of pyridine rings is 1. The Balaban J connectivity index is 0.000000373. The van der Waals surface area contributed by atoms with E-state index in [2.05, 4.69) is 30.7 Å². The molecular weight excluding hydrogens is 552 g/mol. The van der Waals surface area contributed by atoms with Crippen molar-refractivity contribution in [3.05, 3.63) is 54.2 Å². The van der Waals surface area contributed by atoms with Gasteiger partial charge in [0, 0.05) is 45.5 Å². The van der Waals surface area contributed by atoms with Crippen LogP contribution >= 0.6 is 12.4 Å². The molecule has 41 heavy (non-hydrogen) atoms. The number of amides is 1. The van der Waals surface area contributed by atoms with Crippen LogP contribution in [0.15, 0.2) is 48.7 Å². The number of nitrogens with one attached hydrogen (secondary N) is 3. The van der Waals surface area contributed by atoms with E-state index >= 15 is 0 Å². The van der Waals surface area contributed by atoms with Gasteiger partial charge >= 0.3 is 0 Å². The van der Waals surface area contributed by atoms with Gasteiger partial charge in [0.1, 0.15) is 11.5 Å². The van der Waals surface area contributed by atoms with Crippen molar-refractivity contribution in [2.45, 2.75) is 12.2 Å². The number of ether oxygens (including phenoxy) is 2. The lowest BCUT2D eigenvalue weighted by Crippen LogP contribution is -2.44. The molecule has 4 aromatic rings. The summed E-state index contributed by atoms with van der Waals surface area (Å²) < 4.78 is 12.3. The fourth-order valence-electron chi connectivity index (χ4n) is 4.49. The van der Waals surface area contributed by atoms with Crippen LogP contribution in [-0.4, -0.2) is 106 Å². The van der Waals surface area contributed by atoms with Crippen molar-refractivity contribution in [2.75, 3.05) is 62.8 Å². The van der Waals surface area contributed by atoms with E-state index < -0.39 is 0 Å². The standard InChI is InChI=1S/C22H23N7O3.C5H11NO2.ClH/c1-28-18(21-24-16-4-2-3-5-17(16)25-21)10-19(27-28)26-22(31)14-6-7-20(23-11-14)29-8-9-32-15(12-29)13-30;7-4-5-3-6-1-2-8-5;/h2-7,10-11,15,30H,8-9,12-13H2,1H3,(H,24,25)(H,26,27,31);5-7H,1-4H2;1H/t15-;5-;/m11./s1. The summed E-state index contributed by atoms with van der Waals surface area (Å²) in [4.78, 5) is 27.0. The molecule has 0 radical (unpaired) electrons. The molecule has 14 heteroatoms. The van der Waals surface area contributed by atoms with Crippen molar-refractivity contribution >= 4 is 41.0 Å². The van der Waals surface area contributed by atoms with Gasteiger partial charge in [-0.1, -0.05) is 12.1 Å². The fourth-order valence-corrected chi connectivity index (χ4v) is 4.49. The quantitative estimate of drug-likeness (QED) is 0.222. The summed E-state index contributed by atoms with van der Waals surface area (Å²) in [7, 11) is 1.80. The molecule has 0 aliphatic carbocycles. The predicted octanol–water partition coefficient (Wildman–Crippen LogP) is 1.20. The number of aliphatic hydroxyl groups is 2. The van der Waals surface area contributed by atoms with Gasteiger partial charge in [0.2, 0.25) is 0 Å². The fraction of sp³-hybridized carbons (Fsp3) is 0.407. The number of aromatic amines is 1. The lowest BCUT2D eigenvalue weighted by atomic mass is 10.2. The third-order valence-corrected chi connectivity index (χ3v) is 6.64. The van der Waals surface area contributed by atoms with E-state index in [1.807, 2.05) is 29.2 Å². The molecule has 1 aromatic carbocycles. The minimum Gasteiger partial charge on any atom is -0.394 e. The van der Waals surface area contributed by atoms with Crippen molar-refractivity contribution in [1.82, 2.24) is 30.0 Å². The maximum absolute atomic E-state index is 12.7. The SMILES string of the molecule is Cl.Cn1nc(NC(=O)c2ccc(N3CCO[C@@H](CO)C3)nc2)cc1-c1nc2ccccc2[nH]1.OC[C@H]1CNCCO1. The summed E-state index contributed by atoms with van der Waals surface area (Å²) >= 11 is 0. The number of anilines is 2. The normalized spacial score (nSPS) is 18.8. The molecule has 6 rings (SSSR count). The molecule has 3 aromatic heterocycles. The van der Waals surface area contributed by atoms with Gasteiger partial charge < -0.3 is 40.2 Å². The van der Waals surface area contributed by atoms with Gasteiger partial charge in [-0.2, -0.15) is 5.10 Å². The van der Waals surface area contributed by atoms with E-state index in [0.717, 1.165) is 42.2 Å². The number of H-pyrrole nitrogens is 1. The third-order valence-electron chi connectivity index (χ3n) is 6.64. The van der Waals surface area contributed by atoms with Gasteiger partial charge in [-0.25, -0.2) is 9.97 Å². The van der Waals surface area contributed by atoms with Crippen LogP contribution in [0.2, 0.25) is 0 Å². The van der Waals surface area contributed by atoms with Crippen molar-refractivity contribution in [3.8, 4) is 11.5 Å². The largest absolute Gasteiger partial charge is 0.394 e. The van der Waals surface area contributed by atoms with E-state index in [4.69, 9.17) is 14.6 Å². The molecule has 2 fully saturated rings. The molecule has 0 spiro atoms. The second-order valence-corrected chi connectivity index (χ2v) is 9.50. The van der Waals surface area contributed by atoms with Gasteiger partial charge in [0.15, 0.2) is 11.6 Å². The number of nitrogens with zero attached hydrogens (tertiary/aromatic N) is 5. The number of hydrogen-bond acceptors (Lipinski definition) is 10. The highest BCUT2D eigenvalue weighted by Crippen LogP contribution is 2.23. The maximum Gasteiger partial charge on any atom is 0.258 e. The van der Waals surface area contributed by atoms with Crippen LogP contribution in [-0.2, 0) is 16.5 Å². The van der Waals surface area contributed by atoms with E-state index in [1.165, 1.54) is 6.20 Å². The summed E-state index contributed by atoms with van der Waals surface area (Å²) in [6.07, 6.45) is 1.35. The van der Waals surface area contributed by atoms with Crippen LogP contribution in [0.1, 0.15) is 10.4 Å². The number of morpholine rings is 2. The Bertz CT molecular complexity index is 1370. The maximum atomic E-state index is 12.7. The second-order valence-electron chi connectivity index (χ2n) is 9.50. The number of carbonyl (C=O) groups is 1. The number of aryl methyl sites for hydroxylation is 1. The molecule has 220 valence electrons. The number of halogens is 1. The number of para-hydroxylation sites is 2. The van der Waals surface area contributed by atoms with Crippen LogP contribution in [0.5, 0.6) is 0 Å². The highest BCUT2D eigenvalue weighted by Gasteiger charge is 2.21. The van der Waals surface area contributed by atoms with E-state index in [-0.39, 0.29) is 43.7 Å². The molecule has 0 unspecified atom stereocenters. The minimum absolute atomic E-state index is 0. The Kier molecular flexibility index (Phi) is 10.6. The molecule has 0 saturated carbocycles. The molecule has 5 N–H and O–H groups in total. The first-order valence-electron chi connectivity index (χ1n) is 13.2. The van der Waals surface area contributed by atoms with Crippen LogP contribution in [0.4, 0.5) is 11.6 Å². The second kappa shape index (κ2) is 14.3. The lowest BCUT2D eigenvalue weighted by Gasteiger charge is -2.32. The van der Waals surface area contributed by atoms with Crippen molar-refractivity contribution in [1.29, 1.82) is 0 Å². The first-order valence-corrected chi connectivity index (χ1v) is 13.2. The Morgan fingerprint density at radius 1 is 1.12 bits per heavy atom. The monoisotopic (exact) mass is 586 g/mol. The van der Waals surface area contributed by atoms with Crippen LogP contribution in [0.25, 0.3) is 22.6 Å². The Morgan fingerprint density at radius 3 is 2.61 bits per heavy atom. The van der Waals surface area contributed by atoms with Gasteiger partial charge in [-0.05, 0) is 24.3 Å². The predicted molar refractivity (Wildman–Crippen MR) is 156 cm³/mol. The Morgan fingerprint density at radius 2 is 1.93 bits per heavy atom. The molecule has 5 heterocycles. The zero-order valence-electron chi connectivity index (χ0n) is 22.7. The molecule has 2 atom stereocenters. The Hall–Kier alpha value is -3.59. The zero-order valence-corrected chi connectivity index (χ0v) is 23.5. The number of carbonyl (C=O) groups excluding carboxylic acids is 1. The molecule has 13 nitrogen and oxygen atoms in total. The van der Waals surface area contributed by atoms with Gasteiger partial charge in [0.25, 0.3) is 5.91 Å². The van der Waals surface area contributed by atoms with Crippen molar-refractivity contribution in [3.63, 3.8) is 0 Å². The smallest absolute Gasteiger partial charge is 0.258 e. The lowest BCUT2D eigenvalue weighted by molar-refractivity contribution is -0.00618. The topological polar surface area (TPSA) is 163 Å². The molecule has 2 saturated heterocycles. The first kappa shape index (κ1) is 30.4. The van der Waals surface area contributed by atoms with Gasteiger partial charge in [-0.15, -0.1) is 12.4 Å². The summed E-state index contributed by atoms with van der Waals surface area (Å²) in [5.74, 6) is 1.55. The molecule has 2 aliphatic rings. The molecule has 2 aliphatic heterocycles. The van der Waals surface area contributed by atoms with Crippen molar-refractivity contribution in [2.24, 2.45) is 7.05 Å². The molecule has 1 amide bonds. The summed E-state index contributed by atoms with van der Waals surface area (Å²) in [6, 6.07) is 13.1.